The summed E-state index contributed by atoms with van der Waals surface area (Å²) in [6, 6.07) is 13.8. The van der Waals surface area contributed by atoms with Crippen molar-refractivity contribution in [3.8, 4) is 33.5 Å². The molecule has 0 N–H and O–H groups in total. The molecule has 4 heterocycles. The first-order valence-corrected chi connectivity index (χ1v) is 24.8. The van der Waals surface area contributed by atoms with Gasteiger partial charge in [0.1, 0.15) is 34.1 Å². The Balaban J connectivity index is 1.01. The first kappa shape index (κ1) is 48.3. The molecule has 2 saturated carbocycles. The molecule has 4 atom stereocenters. The number of likely N-dealkylation sites (tertiary alicyclic amines) is 2. The summed E-state index contributed by atoms with van der Waals surface area (Å²) in [7, 11) is 0. The number of nitrogens with zero attached hydrogens (tertiary/aromatic N) is 6. The Morgan fingerprint density at radius 2 is 1.17 bits per heavy atom. The molecular formula is C55H64F2N6O8. The van der Waals surface area contributed by atoms with E-state index in [0.29, 0.717) is 57.6 Å². The fraction of sp³-hybridized carbons (Fsp3) is 0.527. The summed E-state index contributed by atoms with van der Waals surface area (Å²) < 4.78 is 60.7. The normalized spacial score (nSPS) is 21.9. The molecule has 3 aliphatic carbocycles. The van der Waals surface area contributed by atoms with Crippen LogP contribution in [0.15, 0.2) is 60.8 Å². The highest BCUT2D eigenvalue weighted by Crippen LogP contribution is 2.59. The summed E-state index contributed by atoms with van der Waals surface area (Å²) in [6.45, 7) is 21.9. The van der Waals surface area contributed by atoms with Crippen LogP contribution in [0.5, 0.6) is 0 Å². The number of hydrogen-bond acceptors (Lipinski definition) is 10. The van der Waals surface area contributed by atoms with Crippen molar-refractivity contribution >= 4 is 35.4 Å². The molecule has 71 heavy (non-hydrogen) atoms. The Morgan fingerprint density at radius 3 is 1.77 bits per heavy atom. The van der Waals surface area contributed by atoms with Gasteiger partial charge in [0.2, 0.25) is 0 Å². The van der Waals surface area contributed by atoms with Crippen LogP contribution in [0.1, 0.15) is 156 Å². The Labute approximate surface area is 413 Å². The number of halogens is 2. The van der Waals surface area contributed by atoms with Gasteiger partial charge in [0.25, 0.3) is 5.92 Å². The van der Waals surface area contributed by atoms with Gasteiger partial charge in [-0.25, -0.2) is 38.3 Å². The van der Waals surface area contributed by atoms with E-state index >= 15 is 8.78 Å². The number of hydrogen-bond donors (Lipinski definition) is 0. The van der Waals surface area contributed by atoms with E-state index in [4.69, 9.17) is 28.9 Å². The largest absolute Gasteiger partial charge is 0.444 e. The lowest BCUT2D eigenvalue weighted by molar-refractivity contribution is 0.00500. The van der Waals surface area contributed by atoms with Crippen molar-refractivity contribution in [2.75, 3.05) is 6.54 Å². The van der Waals surface area contributed by atoms with E-state index in [0.717, 1.165) is 32.1 Å². The first-order valence-electron chi connectivity index (χ1n) is 24.8. The Kier molecular flexibility index (Phi) is 11.0. The average Bonchev–Trinajstić information content (AvgIpc) is 3.85. The number of fused-ring (bicyclic) bond motifs is 6. The highest BCUT2D eigenvalue weighted by Gasteiger charge is 2.56. The first-order chi connectivity index (χ1) is 33.0. The zero-order chi connectivity index (χ0) is 51.1. The number of piperidine rings is 1. The molecule has 1 spiro atoms. The third-order valence-corrected chi connectivity index (χ3v) is 14.1. The Bertz CT molecular complexity index is 3030. The fourth-order valence-corrected chi connectivity index (χ4v) is 11.1. The third-order valence-electron chi connectivity index (χ3n) is 14.1. The van der Waals surface area contributed by atoms with E-state index in [1.165, 1.54) is 27.5 Å². The number of alkyl halides is 2. The fourth-order valence-electron chi connectivity index (χ4n) is 11.1. The monoisotopic (exact) mass is 974 g/mol. The maximum absolute atomic E-state index is 17.2. The van der Waals surface area contributed by atoms with Gasteiger partial charge in [-0.05, 0) is 179 Å². The molecule has 10 rings (SSSR count). The highest BCUT2D eigenvalue weighted by atomic mass is 19.3. The van der Waals surface area contributed by atoms with Gasteiger partial charge in [-0.3, -0.25) is 9.80 Å². The van der Waals surface area contributed by atoms with E-state index in [2.05, 4.69) is 0 Å². The molecule has 2 aliphatic heterocycles. The van der Waals surface area contributed by atoms with Gasteiger partial charge in [-0.1, -0.05) is 30.3 Å². The lowest BCUT2D eigenvalue weighted by Crippen LogP contribution is -2.44. The molecule has 2 bridgehead atoms. The molecule has 3 aromatic carbocycles. The van der Waals surface area contributed by atoms with E-state index in [-0.39, 0.29) is 40.0 Å². The van der Waals surface area contributed by atoms with Gasteiger partial charge in [0.15, 0.2) is 0 Å². The highest BCUT2D eigenvalue weighted by molar-refractivity contribution is 5.92. The lowest BCUT2D eigenvalue weighted by atomic mass is 9.98. The molecule has 2 aromatic heterocycles. The molecule has 1 unspecified atom stereocenters. The van der Waals surface area contributed by atoms with Crippen LogP contribution >= 0.6 is 0 Å². The molecule has 0 radical (unpaired) electrons. The minimum absolute atomic E-state index is 0.0441. The molecule has 376 valence electrons. The molecular weight excluding hydrogens is 911 g/mol. The standard InChI is InChI=1S/C55H64F2N6O8/c1-50(2,3)68-46(64)60-29-54(21-22-54)27-41(60)44-58-28-42(63(44)49(67)71-53(10,11)12)32-15-19-36-35-18-14-30(24-37(35)55(56,57)38(36)25-32)31-16-20-39-40(26-31)62(48(66)70-52(7,8)9)45(59-39)43-33-13-17-34(23-33)61(43)47(65)69-51(4,5)6/h14-16,18-20,24-26,28,33-34,41,43H,13,17,21-23,27,29H2,1-12H3/t33-,34?,41-,43-/m0/s1. The maximum Gasteiger partial charge on any atom is 0.420 e. The van der Waals surface area contributed by atoms with Gasteiger partial charge in [0.05, 0.1) is 35.0 Å². The van der Waals surface area contributed by atoms with Gasteiger partial charge in [0, 0.05) is 29.3 Å². The molecule has 5 aliphatic rings. The number of rotatable bonds is 4. The number of aromatic nitrogens is 4. The van der Waals surface area contributed by atoms with Crippen molar-refractivity contribution in [1.82, 2.24) is 28.9 Å². The number of amides is 2. The second kappa shape index (κ2) is 16.1. The number of benzene rings is 3. The van der Waals surface area contributed by atoms with Gasteiger partial charge < -0.3 is 18.9 Å². The summed E-state index contributed by atoms with van der Waals surface area (Å²) >= 11 is 0. The zero-order valence-electron chi connectivity index (χ0n) is 42.7. The summed E-state index contributed by atoms with van der Waals surface area (Å²) in [4.78, 5) is 69.1. The second-order valence-electron chi connectivity index (χ2n) is 24.3. The third kappa shape index (κ3) is 8.83. The summed E-state index contributed by atoms with van der Waals surface area (Å²) in [5.74, 6) is -2.78. The maximum atomic E-state index is 17.2. The molecule has 14 nitrogen and oxygen atoms in total. The van der Waals surface area contributed by atoms with Gasteiger partial charge in [-0.15, -0.1) is 0 Å². The minimum Gasteiger partial charge on any atom is -0.444 e. The van der Waals surface area contributed by atoms with Crippen LogP contribution in [0.25, 0.3) is 44.5 Å². The zero-order valence-corrected chi connectivity index (χ0v) is 42.7. The van der Waals surface area contributed by atoms with Gasteiger partial charge in [-0.2, -0.15) is 8.78 Å². The van der Waals surface area contributed by atoms with Crippen LogP contribution in [-0.2, 0) is 24.9 Å². The van der Waals surface area contributed by atoms with Crippen LogP contribution in [-0.4, -0.2) is 88.3 Å². The van der Waals surface area contributed by atoms with Crippen molar-refractivity contribution in [3.05, 3.63) is 83.6 Å². The topological polar surface area (TPSA) is 147 Å². The van der Waals surface area contributed by atoms with Crippen molar-refractivity contribution in [2.45, 2.75) is 168 Å². The van der Waals surface area contributed by atoms with Crippen molar-refractivity contribution < 1.29 is 46.9 Å². The Morgan fingerprint density at radius 1 is 0.634 bits per heavy atom. The number of imidazole rings is 2. The van der Waals surface area contributed by atoms with E-state index in [9.17, 15) is 19.2 Å². The predicted molar refractivity (Wildman–Crippen MR) is 262 cm³/mol. The minimum atomic E-state index is -3.46. The number of carbonyl (C=O) groups excluding carboxylic acids is 4. The molecule has 16 heteroatoms. The average molecular weight is 975 g/mol. The van der Waals surface area contributed by atoms with Gasteiger partial charge >= 0.3 is 24.4 Å². The smallest absolute Gasteiger partial charge is 0.420 e. The van der Waals surface area contributed by atoms with Crippen LogP contribution in [0.3, 0.4) is 0 Å². The lowest BCUT2D eigenvalue weighted by Gasteiger charge is -2.36. The van der Waals surface area contributed by atoms with E-state index in [1.807, 2.05) is 20.8 Å². The van der Waals surface area contributed by atoms with Crippen LogP contribution < -0.4 is 0 Å². The molecule has 2 amide bonds. The van der Waals surface area contributed by atoms with Crippen LogP contribution in [0.2, 0.25) is 0 Å². The summed E-state index contributed by atoms with van der Waals surface area (Å²) in [5.41, 5.74) is -0.588. The number of carbonyl (C=O) groups is 4. The molecule has 5 aromatic rings. The number of ether oxygens (including phenoxy) is 4. The molecule has 2 saturated heterocycles. The summed E-state index contributed by atoms with van der Waals surface area (Å²) in [5, 5.41) is 0. The van der Waals surface area contributed by atoms with Crippen LogP contribution in [0.4, 0.5) is 28.0 Å². The van der Waals surface area contributed by atoms with Crippen molar-refractivity contribution in [1.29, 1.82) is 0 Å². The SMILES string of the molecule is CC(C)(C)OC(=O)N1CC2(CC2)C[C@H]1c1ncc(-c2ccc3c(c2)C(F)(F)c2cc(-c4ccc5nc([C@@H]6[C@H]7CCC(C7)N6C(=O)OC(C)(C)C)n(C(=O)OC(C)(C)C)c5c4)ccc2-3)n1C(=O)OC(C)(C)C. The second-order valence-corrected chi connectivity index (χ2v) is 24.3. The molecule has 4 fully saturated rings. The van der Waals surface area contributed by atoms with Crippen LogP contribution in [0, 0.1) is 11.3 Å². The predicted octanol–water partition coefficient (Wildman–Crippen LogP) is 13.2. The van der Waals surface area contributed by atoms with E-state index in [1.54, 1.807) is 115 Å². The summed E-state index contributed by atoms with van der Waals surface area (Å²) in [6.07, 6.45) is 3.95. The quantitative estimate of drug-likeness (QED) is 0.159. The van der Waals surface area contributed by atoms with Crippen molar-refractivity contribution in [2.24, 2.45) is 11.3 Å². The van der Waals surface area contributed by atoms with E-state index < -0.39 is 64.8 Å². The van der Waals surface area contributed by atoms with Crippen molar-refractivity contribution in [3.63, 3.8) is 0 Å². The Hall–Kier alpha value is -6.32.